The van der Waals surface area contributed by atoms with Crippen molar-refractivity contribution >= 4 is 11.9 Å². The number of hydrogen-bond donors (Lipinski definition) is 1. The van der Waals surface area contributed by atoms with Gasteiger partial charge in [-0.2, -0.15) is 10.5 Å². The van der Waals surface area contributed by atoms with Gasteiger partial charge in [0.15, 0.2) is 0 Å². The maximum atomic E-state index is 11.6. The Morgan fingerprint density at radius 2 is 1.20 bits per heavy atom. The van der Waals surface area contributed by atoms with Crippen molar-refractivity contribution in [3.05, 3.63) is 47.6 Å². The van der Waals surface area contributed by atoms with Crippen LogP contribution >= 0.6 is 0 Å². The molecule has 0 saturated carbocycles. The van der Waals surface area contributed by atoms with E-state index < -0.39 is 18.0 Å². The molecule has 0 aromatic rings. The Kier molecular flexibility index (Phi) is 14.1. The smallest absolute Gasteiger partial charge is 0.349 e. The molecule has 30 heavy (non-hydrogen) atoms. The zero-order chi connectivity index (χ0) is 22.9. The molecule has 0 bridgehead atoms. The fourth-order valence-corrected chi connectivity index (χ4v) is 2.10. The summed E-state index contributed by atoms with van der Waals surface area (Å²) in [7, 11) is 0. The van der Waals surface area contributed by atoms with E-state index in [-0.39, 0.29) is 23.4 Å². The van der Waals surface area contributed by atoms with Crippen LogP contribution in [0.1, 0.15) is 53.4 Å². The number of esters is 2. The summed E-state index contributed by atoms with van der Waals surface area (Å²) in [6.45, 7) is 6.83. The quantitative estimate of drug-likeness (QED) is 0.223. The summed E-state index contributed by atoms with van der Waals surface area (Å²) in [5.74, 6) is -1.31. The predicted molar refractivity (Wildman–Crippen MR) is 113 cm³/mol. The minimum Gasteiger partial charge on any atom is -0.459 e. The molecule has 0 aliphatic carbocycles. The van der Waals surface area contributed by atoms with E-state index in [1.807, 2.05) is 0 Å². The maximum absolute atomic E-state index is 11.6. The second kappa shape index (κ2) is 15.7. The number of nitrogens with zero attached hydrogens (tertiary/aromatic N) is 2. The van der Waals surface area contributed by atoms with Crippen molar-refractivity contribution in [3.63, 3.8) is 0 Å². The first kappa shape index (κ1) is 26.8. The molecule has 0 amide bonds. The van der Waals surface area contributed by atoms with Gasteiger partial charge in [-0.25, -0.2) is 9.59 Å². The first-order valence-corrected chi connectivity index (χ1v) is 9.85. The highest BCUT2D eigenvalue weighted by molar-refractivity contribution is 5.93. The number of ether oxygens (including phenoxy) is 2. The van der Waals surface area contributed by atoms with Crippen LogP contribution in [0, 0.1) is 22.7 Å². The Hall–Kier alpha value is -3.16. The molecule has 7 nitrogen and oxygen atoms in total. The van der Waals surface area contributed by atoms with Gasteiger partial charge in [0, 0.05) is 0 Å². The standard InChI is InChI=1S/C23H30N2O5/c1-17(2)29-22(27)19(15-24)11-7-5-9-13-21(26)14-10-6-8-12-20(16-25)23(28)30-18(3)4/h5-8,11-12,17-18,21,26H,9-10,13-14H2,1-4H3/b7-5+,8-6+,19-11+,20-12+. The van der Waals surface area contributed by atoms with Crippen molar-refractivity contribution in [2.24, 2.45) is 0 Å². The molecule has 1 N–H and O–H groups in total. The van der Waals surface area contributed by atoms with Gasteiger partial charge >= 0.3 is 11.9 Å². The predicted octanol–water partition coefficient (Wildman–Crippen LogP) is 3.82. The number of hydrogen-bond acceptors (Lipinski definition) is 7. The molecule has 0 aromatic carbocycles. The lowest BCUT2D eigenvalue weighted by atomic mass is 10.1. The van der Waals surface area contributed by atoms with Crippen LogP contribution in [0.3, 0.4) is 0 Å². The van der Waals surface area contributed by atoms with Crippen LogP contribution in [0.5, 0.6) is 0 Å². The average Bonchev–Trinajstić information content (AvgIpc) is 2.66. The van der Waals surface area contributed by atoms with Gasteiger partial charge in [0.1, 0.15) is 23.3 Å². The molecule has 0 aliphatic heterocycles. The third-order valence-corrected chi connectivity index (χ3v) is 3.50. The molecule has 0 aliphatic rings. The molecule has 0 saturated heterocycles. The first-order chi connectivity index (χ1) is 14.2. The first-order valence-electron chi connectivity index (χ1n) is 9.85. The topological polar surface area (TPSA) is 120 Å². The third-order valence-electron chi connectivity index (χ3n) is 3.50. The third kappa shape index (κ3) is 13.1. The highest BCUT2D eigenvalue weighted by Gasteiger charge is 2.11. The van der Waals surface area contributed by atoms with Gasteiger partial charge in [-0.05, 0) is 65.5 Å². The van der Waals surface area contributed by atoms with E-state index in [4.69, 9.17) is 20.0 Å². The summed E-state index contributed by atoms with van der Waals surface area (Å²) >= 11 is 0. The molecule has 0 heterocycles. The number of allylic oxidation sites excluding steroid dienone is 6. The largest absolute Gasteiger partial charge is 0.459 e. The number of carbonyl (C=O) groups is 2. The Morgan fingerprint density at radius 3 is 1.50 bits per heavy atom. The summed E-state index contributed by atoms with van der Waals surface area (Å²) in [4.78, 5) is 23.3. The average molecular weight is 415 g/mol. The van der Waals surface area contributed by atoms with Gasteiger partial charge in [-0.1, -0.05) is 24.3 Å². The molecule has 0 atom stereocenters. The van der Waals surface area contributed by atoms with Crippen molar-refractivity contribution in [3.8, 4) is 12.1 Å². The Balaban J connectivity index is 4.34. The second-order valence-corrected chi connectivity index (χ2v) is 6.96. The molecule has 162 valence electrons. The normalized spacial score (nSPS) is 13.5. The molecular formula is C23H30N2O5. The number of aliphatic hydroxyl groups is 1. The Labute approximate surface area is 178 Å². The molecule has 0 rings (SSSR count). The highest BCUT2D eigenvalue weighted by Crippen LogP contribution is 2.08. The van der Waals surface area contributed by atoms with E-state index in [9.17, 15) is 14.7 Å². The van der Waals surface area contributed by atoms with Crippen molar-refractivity contribution in [2.75, 3.05) is 0 Å². The summed E-state index contributed by atoms with van der Waals surface area (Å²) in [5.41, 5.74) is -0.152. The number of carbonyl (C=O) groups excluding carboxylic acids is 2. The van der Waals surface area contributed by atoms with E-state index in [2.05, 4.69) is 0 Å². The number of aliphatic hydroxyl groups excluding tert-OH is 1. The summed E-state index contributed by atoms with van der Waals surface area (Å²) < 4.78 is 9.91. The summed E-state index contributed by atoms with van der Waals surface area (Å²) in [6, 6.07) is 3.60. The molecule has 0 spiro atoms. The zero-order valence-electron chi connectivity index (χ0n) is 18.0. The van der Waals surface area contributed by atoms with Crippen LogP contribution in [-0.4, -0.2) is 35.4 Å². The monoisotopic (exact) mass is 414 g/mol. The van der Waals surface area contributed by atoms with Crippen LogP contribution in [0.4, 0.5) is 0 Å². The minimum absolute atomic E-state index is 0.0762. The van der Waals surface area contributed by atoms with Crippen LogP contribution in [-0.2, 0) is 19.1 Å². The van der Waals surface area contributed by atoms with Crippen LogP contribution in [0.25, 0.3) is 0 Å². The van der Waals surface area contributed by atoms with E-state index in [0.717, 1.165) is 0 Å². The molecule has 7 heteroatoms. The summed E-state index contributed by atoms with van der Waals surface area (Å²) in [6.07, 6.45) is 10.6. The number of nitriles is 2. The van der Waals surface area contributed by atoms with Gasteiger partial charge in [0.05, 0.1) is 18.3 Å². The maximum Gasteiger partial charge on any atom is 0.349 e. The van der Waals surface area contributed by atoms with Crippen LogP contribution in [0.2, 0.25) is 0 Å². The van der Waals surface area contributed by atoms with E-state index in [1.54, 1.807) is 64.1 Å². The molecule has 0 fully saturated rings. The van der Waals surface area contributed by atoms with Crippen LogP contribution in [0.15, 0.2) is 47.6 Å². The SMILES string of the molecule is CC(C)OC(=O)/C(C#N)=C/C=C/CCC(O)CC/C=C/C=C(\C#N)C(=O)OC(C)C. The van der Waals surface area contributed by atoms with Gasteiger partial charge in [-0.3, -0.25) is 0 Å². The van der Waals surface area contributed by atoms with Gasteiger partial charge < -0.3 is 14.6 Å². The minimum atomic E-state index is -0.657. The summed E-state index contributed by atoms with van der Waals surface area (Å²) in [5, 5.41) is 27.9. The fraction of sp³-hybridized carbons (Fsp3) is 0.478. The lowest BCUT2D eigenvalue weighted by molar-refractivity contribution is -0.143. The van der Waals surface area contributed by atoms with Crippen molar-refractivity contribution in [1.29, 1.82) is 10.5 Å². The molecule has 0 radical (unpaired) electrons. The van der Waals surface area contributed by atoms with Gasteiger partial charge in [0.25, 0.3) is 0 Å². The van der Waals surface area contributed by atoms with Gasteiger partial charge in [-0.15, -0.1) is 0 Å². The fourth-order valence-electron chi connectivity index (χ4n) is 2.10. The second-order valence-electron chi connectivity index (χ2n) is 6.96. The highest BCUT2D eigenvalue weighted by atomic mass is 16.5. The molecule has 0 unspecified atom stereocenters. The van der Waals surface area contributed by atoms with E-state index in [1.165, 1.54) is 12.2 Å². The molecular weight excluding hydrogens is 384 g/mol. The lowest BCUT2D eigenvalue weighted by Crippen LogP contribution is -2.12. The van der Waals surface area contributed by atoms with Gasteiger partial charge in [0.2, 0.25) is 0 Å². The number of rotatable bonds is 12. The van der Waals surface area contributed by atoms with Crippen molar-refractivity contribution in [2.45, 2.75) is 71.7 Å². The Morgan fingerprint density at radius 1 is 0.833 bits per heavy atom. The Bertz CT molecular complexity index is 697. The van der Waals surface area contributed by atoms with Crippen molar-refractivity contribution in [1.82, 2.24) is 0 Å². The van der Waals surface area contributed by atoms with E-state index in [0.29, 0.717) is 25.7 Å². The van der Waals surface area contributed by atoms with Crippen LogP contribution < -0.4 is 0 Å². The lowest BCUT2D eigenvalue weighted by Gasteiger charge is -2.07. The van der Waals surface area contributed by atoms with E-state index >= 15 is 0 Å². The zero-order valence-corrected chi connectivity index (χ0v) is 18.0. The van der Waals surface area contributed by atoms with Crippen molar-refractivity contribution < 1.29 is 24.2 Å². The molecule has 0 aromatic heterocycles.